The Hall–Kier alpha value is -1.49. The van der Waals surface area contributed by atoms with Gasteiger partial charge in [-0.1, -0.05) is 24.6 Å². The van der Waals surface area contributed by atoms with Crippen molar-refractivity contribution in [2.75, 3.05) is 11.4 Å². The van der Waals surface area contributed by atoms with E-state index in [0.29, 0.717) is 18.5 Å². The lowest BCUT2D eigenvalue weighted by atomic mass is 9.98. The molecule has 1 saturated carbocycles. The molecular weight excluding hydrogens is 184 g/mol. The summed E-state index contributed by atoms with van der Waals surface area (Å²) in [5.74, 6) is 0.689. The van der Waals surface area contributed by atoms with Crippen LogP contribution in [0.3, 0.4) is 0 Å². The van der Waals surface area contributed by atoms with E-state index in [1.54, 1.807) is 0 Å². The number of hydrogen-bond donors (Lipinski definition) is 0. The highest BCUT2D eigenvalue weighted by molar-refractivity contribution is 5.63. The van der Waals surface area contributed by atoms with Gasteiger partial charge < -0.3 is 4.90 Å². The fraction of sp³-hybridized carbons (Fsp3) is 0.462. The highest BCUT2D eigenvalue weighted by Gasteiger charge is 2.40. The minimum atomic E-state index is 0.540. The van der Waals surface area contributed by atoms with E-state index >= 15 is 0 Å². The van der Waals surface area contributed by atoms with Crippen LogP contribution in [0.1, 0.15) is 30.7 Å². The van der Waals surface area contributed by atoms with Gasteiger partial charge in [0.1, 0.15) is 6.54 Å². The van der Waals surface area contributed by atoms with Crippen molar-refractivity contribution in [3.8, 4) is 6.07 Å². The number of rotatable bonds is 1. The molecule has 0 N–H and O–H groups in total. The summed E-state index contributed by atoms with van der Waals surface area (Å²) in [5.41, 5.74) is 2.77. The summed E-state index contributed by atoms with van der Waals surface area (Å²) >= 11 is 0. The van der Waals surface area contributed by atoms with Crippen LogP contribution < -0.4 is 4.90 Å². The molecule has 0 aromatic heterocycles. The summed E-state index contributed by atoms with van der Waals surface area (Å²) in [5, 5.41) is 8.88. The van der Waals surface area contributed by atoms with Crippen molar-refractivity contribution in [3.05, 3.63) is 29.8 Å². The molecule has 3 rings (SSSR count). The van der Waals surface area contributed by atoms with Crippen molar-refractivity contribution >= 4 is 5.69 Å². The average Bonchev–Trinajstić information content (AvgIpc) is 2.82. The molecule has 2 aliphatic rings. The third-order valence-corrected chi connectivity index (χ3v) is 3.77. The molecule has 15 heavy (non-hydrogen) atoms. The standard InChI is InChI=1S/C13H14N2/c14-8-9-15-12-6-2-1-4-10(12)11-5-3-7-13(11)15/h1-2,4,6,11,13H,3,5,7,9H2. The summed E-state index contributed by atoms with van der Waals surface area (Å²) in [4.78, 5) is 2.30. The molecular formula is C13H14N2. The van der Waals surface area contributed by atoms with E-state index in [1.807, 2.05) is 0 Å². The summed E-state index contributed by atoms with van der Waals surface area (Å²) < 4.78 is 0. The molecule has 1 heterocycles. The Morgan fingerprint density at radius 2 is 2.20 bits per heavy atom. The maximum atomic E-state index is 8.88. The van der Waals surface area contributed by atoms with Crippen LogP contribution in [0.25, 0.3) is 0 Å². The van der Waals surface area contributed by atoms with E-state index in [1.165, 1.54) is 30.5 Å². The SMILES string of the molecule is N#CCN1c2ccccc2C2CCCC21. The van der Waals surface area contributed by atoms with Crippen LogP contribution in [-0.2, 0) is 0 Å². The number of hydrogen-bond acceptors (Lipinski definition) is 2. The number of para-hydroxylation sites is 1. The van der Waals surface area contributed by atoms with E-state index in [0.717, 1.165) is 0 Å². The van der Waals surface area contributed by atoms with Crippen LogP contribution in [-0.4, -0.2) is 12.6 Å². The zero-order valence-corrected chi connectivity index (χ0v) is 8.69. The Kier molecular flexibility index (Phi) is 1.92. The minimum Gasteiger partial charge on any atom is -0.354 e. The highest BCUT2D eigenvalue weighted by Crippen LogP contribution is 2.48. The van der Waals surface area contributed by atoms with Gasteiger partial charge in [0.05, 0.1) is 6.07 Å². The monoisotopic (exact) mass is 198 g/mol. The van der Waals surface area contributed by atoms with Crippen molar-refractivity contribution in [1.29, 1.82) is 5.26 Å². The van der Waals surface area contributed by atoms with Gasteiger partial charge in [0.15, 0.2) is 0 Å². The zero-order valence-electron chi connectivity index (χ0n) is 8.69. The van der Waals surface area contributed by atoms with Gasteiger partial charge in [0, 0.05) is 17.6 Å². The predicted octanol–water partition coefficient (Wildman–Crippen LogP) is 2.67. The molecule has 2 nitrogen and oxygen atoms in total. The molecule has 0 amide bonds. The maximum absolute atomic E-state index is 8.88. The number of benzene rings is 1. The lowest BCUT2D eigenvalue weighted by molar-refractivity contribution is 0.611. The van der Waals surface area contributed by atoms with E-state index in [9.17, 15) is 0 Å². The van der Waals surface area contributed by atoms with Crippen LogP contribution in [0.15, 0.2) is 24.3 Å². The van der Waals surface area contributed by atoms with Crippen molar-refractivity contribution in [3.63, 3.8) is 0 Å². The van der Waals surface area contributed by atoms with E-state index in [-0.39, 0.29) is 0 Å². The predicted molar refractivity (Wildman–Crippen MR) is 59.8 cm³/mol. The van der Waals surface area contributed by atoms with E-state index in [4.69, 9.17) is 5.26 Å². The topological polar surface area (TPSA) is 27.0 Å². The smallest absolute Gasteiger partial charge is 0.106 e. The van der Waals surface area contributed by atoms with Gasteiger partial charge in [-0.15, -0.1) is 0 Å². The van der Waals surface area contributed by atoms with Gasteiger partial charge in [0.2, 0.25) is 0 Å². The first-order valence-corrected chi connectivity index (χ1v) is 5.64. The van der Waals surface area contributed by atoms with Gasteiger partial charge >= 0.3 is 0 Å². The fourth-order valence-corrected chi connectivity index (χ4v) is 3.20. The molecule has 1 aliphatic carbocycles. The molecule has 2 unspecified atom stereocenters. The zero-order chi connectivity index (χ0) is 10.3. The first-order valence-electron chi connectivity index (χ1n) is 5.64. The number of nitriles is 1. The molecule has 0 saturated heterocycles. The maximum Gasteiger partial charge on any atom is 0.106 e. The van der Waals surface area contributed by atoms with Gasteiger partial charge in [-0.25, -0.2) is 0 Å². The summed E-state index contributed by atoms with van der Waals surface area (Å²) in [6.45, 7) is 0.540. The Morgan fingerprint density at radius 1 is 1.33 bits per heavy atom. The van der Waals surface area contributed by atoms with Crippen molar-refractivity contribution in [2.45, 2.75) is 31.2 Å². The van der Waals surface area contributed by atoms with E-state index < -0.39 is 0 Å². The van der Waals surface area contributed by atoms with Gasteiger partial charge in [-0.05, 0) is 24.5 Å². The highest BCUT2D eigenvalue weighted by atomic mass is 15.2. The molecule has 2 atom stereocenters. The quantitative estimate of drug-likeness (QED) is 0.649. The second kappa shape index (κ2) is 3.27. The van der Waals surface area contributed by atoms with E-state index in [2.05, 4.69) is 35.2 Å². The second-order valence-electron chi connectivity index (χ2n) is 4.45. The third-order valence-electron chi connectivity index (χ3n) is 3.77. The Labute approximate surface area is 90.1 Å². The summed E-state index contributed by atoms with van der Waals surface area (Å²) in [7, 11) is 0. The van der Waals surface area contributed by atoms with Crippen molar-refractivity contribution in [2.24, 2.45) is 0 Å². The largest absolute Gasteiger partial charge is 0.354 e. The molecule has 2 heteroatoms. The summed E-state index contributed by atoms with van der Waals surface area (Å²) in [6, 6.07) is 11.5. The molecule has 0 radical (unpaired) electrons. The van der Waals surface area contributed by atoms with Crippen molar-refractivity contribution in [1.82, 2.24) is 0 Å². The first kappa shape index (κ1) is 8.79. The van der Waals surface area contributed by atoms with Crippen LogP contribution in [0, 0.1) is 11.3 Å². The molecule has 0 spiro atoms. The molecule has 1 fully saturated rings. The van der Waals surface area contributed by atoms with Crippen LogP contribution in [0.4, 0.5) is 5.69 Å². The number of nitrogens with zero attached hydrogens (tertiary/aromatic N) is 2. The molecule has 1 aliphatic heterocycles. The van der Waals surface area contributed by atoms with Crippen LogP contribution in [0.5, 0.6) is 0 Å². The number of anilines is 1. The van der Waals surface area contributed by atoms with Gasteiger partial charge in [0.25, 0.3) is 0 Å². The Morgan fingerprint density at radius 3 is 3.07 bits per heavy atom. The lowest BCUT2D eigenvalue weighted by Crippen LogP contribution is -2.31. The molecule has 76 valence electrons. The van der Waals surface area contributed by atoms with Gasteiger partial charge in [-0.2, -0.15) is 5.26 Å². The second-order valence-corrected chi connectivity index (χ2v) is 4.45. The molecule has 1 aromatic rings. The first-order chi connectivity index (χ1) is 7.42. The third kappa shape index (κ3) is 1.16. The van der Waals surface area contributed by atoms with Crippen LogP contribution in [0.2, 0.25) is 0 Å². The Bertz CT molecular complexity index is 419. The lowest BCUT2D eigenvalue weighted by Gasteiger charge is -2.23. The molecule has 1 aromatic carbocycles. The fourth-order valence-electron chi connectivity index (χ4n) is 3.20. The Balaban J connectivity index is 2.06. The molecule has 0 bridgehead atoms. The number of fused-ring (bicyclic) bond motifs is 3. The average molecular weight is 198 g/mol. The minimum absolute atomic E-state index is 0.540. The summed E-state index contributed by atoms with van der Waals surface area (Å²) in [6.07, 6.45) is 3.86. The van der Waals surface area contributed by atoms with Gasteiger partial charge in [-0.3, -0.25) is 0 Å². The van der Waals surface area contributed by atoms with Crippen molar-refractivity contribution < 1.29 is 0 Å². The normalized spacial score (nSPS) is 27.3. The van der Waals surface area contributed by atoms with Crippen LogP contribution >= 0.6 is 0 Å².